The topological polar surface area (TPSA) is 75.4 Å². The standard InChI is InChI=1S/C10H17N3O2/c11-7-8(14)13-6-2-1-3-10(13)4-5-12-9(10)15/h1-7,11H2,(H,12,15). The highest BCUT2D eigenvalue weighted by molar-refractivity contribution is 5.93. The van der Waals surface area contributed by atoms with Gasteiger partial charge in [-0.1, -0.05) is 0 Å². The number of hydrogen-bond donors (Lipinski definition) is 2. The Morgan fingerprint density at radius 3 is 2.87 bits per heavy atom. The van der Waals surface area contributed by atoms with E-state index in [-0.39, 0.29) is 18.4 Å². The van der Waals surface area contributed by atoms with Crippen molar-refractivity contribution >= 4 is 11.8 Å². The molecular formula is C10H17N3O2. The summed E-state index contributed by atoms with van der Waals surface area (Å²) in [5.74, 6) is -0.101. The fourth-order valence-electron chi connectivity index (χ4n) is 2.67. The van der Waals surface area contributed by atoms with Gasteiger partial charge in [-0.3, -0.25) is 9.59 Å². The first kappa shape index (κ1) is 10.4. The van der Waals surface area contributed by atoms with Crippen LogP contribution in [0.15, 0.2) is 0 Å². The predicted molar refractivity (Wildman–Crippen MR) is 55.0 cm³/mol. The Hall–Kier alpha value is -1.10. The van der Waals surface area contributed by atoms with Crippen LogP contribution >= 0.6 is 0 Å². The Bertz CT molecular complexity index is 292. The molecule has 1 unspecified atom stereocenters. The molecule has 2 aliphatic heterocycles. The van der Waals surface area contributed by atoms with Crippen LogP contribution in [0.3, 0.4) is 0 Å². The summed E-state index contributed by atoms with van der Waals surface area (Å²) in [6, 6.07) is 0. The van der Waals surface area contributed by atoms with E-state index in [4.69, 9.17) is 5.73 Å². The molecule has 0 aliphatic carbocycles. The SMILES string of the molecule is NCC(=O)N1CCCCC12CCNC2=O. The predicted octanol–water partition coefficient (Wildman–Crippen LogP) is -0.784. The minimum Gasteiger partial charge on any atom is -0.354 e. The van der Waals surface area contributed by atoms with Crippen molar-refractivity contribution in [1.82, 2.24) is 10.2 Å². The molecule has 0 radical (unpaired) electrons. The second-order valence-electron chi connectivity index (χ2n) is 4.24. The van der Waals surface area contributed by atoms with Gasteiger partial charge in [-0.15, -0.1) is 0 Å². The molecule has 3 N–H and O–H groups in total. The summed E-state index contributed by atoms with van der Waals surface area (Å²) >= 11 is 0. The third kappa shape index (κ3) is 1.51. The van der Waals surface area contributed by atoms with E-state index in [9.17, 15) is 9.59 Å². The molecule has 1 atom stereocenters. The molecule has 5 nitrogen and oxygen atoms in total. The van der Waals surface area contributed by atoms with Gasteiger partial charge in [0.25, 0.3) is 0 Å². The van der Waals surface area contributed by atoms with Gasteiger partial charge in [0, 0.05) is 13.1 Å². The van der Waals surface area contributed by atoms with E-state index in [1.165, 1.54) is 0 Å². The third-order valence-electron chi connectivity index (χ3n) is 3.46. The maximum absolute atomic E-state index is 11.8. The second kappa shape index (κ2) is 3.81. The lowest BCUT2D eigenvalue weighted by Gasteiger charge is -2.42. The maximum atomic E-state index is 11.8. The smallest absolute Gasteiger partial charge is 0.246 e. The molecule has 84 valence electrons. The van der Waals surface area contributed by atoms with Gasteiger partial charge < -0.3 is 16.0 Å². The summed E-state index contributed by atoms with van der Waals surface area (Å²) < 4.78 is 0. The van der Waals surface area contributed by atoms with Crippen molar-refractivity contribution in [2.45, 2.75) is 31.2 Å². The average Bonchev–Trinajstić information content (AvgIpc) is 2.61. The number of piperidine rings is 1. The Kier molecular flexibility index (Phi) is 2.65. The molecule has 0 saturated carbocycles. The summed E-state index contributed by atoms with van der Waals surface area (Å²) in [7, 11) is 0. The van der Waals surface area contributed by atoms with Crippen LogP contribution < -0.4 is 11.1 Å². The maximum Gasteiger partial charge on any atom is 0.246 e. The number of hydrogen-bond acceptors (Lipinski definition) is 3. The summed E-state index contributed by atoms with van der Waals surface area (Å²) in [5, 5.41) is 2.82. The quantitative estimate of drug-likeness (QED) is 0.597. The van der Waals surface area contributed by atoms with E-state index in [1.807, 2.05) is 0 Å². The minimum absolute atomic E-state index is 0.00370. The molecule has 2 heterocycles. The molecule has 0 aromatic heterocycles. The highest BCUT2D eigenvalue weighted by atomic mass is 16.2. The van der Waals surface area contributed by atoms with Crippen LogP contribution in [0, 0.1) is 0 Å². The molecule has 2 fully saturated rings. The van der Waals surface area contributed by atoms with Crippen LogP contribution in [0.25, 0.3) is 0 Å². The van der Waals surface area contributed by atoms with Gasteiger partial charge in [0.05, 0.1) is 6.54 Å². The van der Waals surface area contributed by atoms with Crippen molar-refractivity contribution in [3.8, 4) is 0 Å². The fourth-order valence-corrected chi connectivity index (χ4v) is 2.67. The minimum atomic E-state index is -0.575. The van der Waals surface area contributed by atoms with Crippen LogP contribution in [0.2, 0.25) is 0 Å². The zero-order chi connectivity index (χ0) is 10.9. The Morgan fingerprint density at radius 1 is 1.47 bits per heavy atom. The molecule has 2 amide bonds. The van der Waals surface area contributed by atoms with Crippen LogP contribution in [-0.2, 0) is 9.59 Å². The van der Waals surface area contributed by atoms with E-state index in [1.54, 1.807) is 4.90 Å². The number of nitrogens with zero attached hydrogens (tertiary/aromatic N) is 1. The van der Waals surface area contributed by atoms with Crippen LogP contribution in [0.4, 0.5) is 0 Å². The van der Waals surface area contributed by atoms with E-state index >= 15 is 0 Å². The van der Waals surface area contributed by atoms with Gasteiger partial charge in [0.2, 0.25) is 11.8 Å². The van der Waals surface area contributed by atoms with Gasteiger partial charge in [-0.25, -0.2) is 0 Å². The van der Waals surface area contributed by atoms with Gasteiger partial charge in [-0.2, -0.15) is 0 Å². The first-order chi connectivity index (χ1) is 7.20. The number of nitrogens with two attached hydrogens (primary N) is 1. The summed E-state index contributed by atoms with van der Waals surface area (Å²) in [6.45, 7) is 1.34. The molecule has 2 aliphatic rings. The Balaban J connectivity index is 2.26. The monoisotopic (exact) mass is 211 g/mol. The van der Waals surface area contributed by atoms with Crippen LogP contribution in [-0.4, -0.2) is 41.9 Å². The normalized spacial score (nSPS) is 30.7. The van der Waals surface area contributed by atoms with Gasteiger partial charge in [-0.05, 0) is 25.7 Å². The molecule has 2 saturated heterocycles. The number of rotatable bonds is 1. The molecule has 1 spiro atoms. The number of amides is 2. The molecule has 15 heavy (non-hydrogen) atoms. The Labute approximate surface area is 89.0 Å². The largest absolute Gasteiger partial charge is 0.354 e. The lowest BCUT2D eigenvalue weighted by Crippen LogP contribution is -2.59. The van der Waals surface area contributed by atoms with Crippen LogP contribution in [0.5, 0.6) is 0 Å². The number of carbonyl (C=O) groups excluding carboxylic acids is 2. The van der Waals surface area contributed by atoms with E-state index in [2.05, 4.69) is 5.32 Å². The van der Waals surface area contributed by atoms with Gasteiger partial charge >= 0.3 is 0 Å². The lowest BCUT2D eigenvalue weighted by atomic mass is 9.85. The zero-order valence-electron chi connectivity index (χ0n) is 8.79. The molecule has 0 aromatic carbocycles. The highest BCUT2D eigenvalue weighted by Gasteiger charge is 2.49. The number of likely N-dealkylation sites (tertiary alicyclic amines) is 1. The van der Waals surface area contributed by atoms with Crippen molar-refractivity contribution in [3.05, 3.63) is 0 Å². The van der Waals surface area contributed by atoms with Crippen molar-refractivity contribution in [2.24, 2.45) is 5.73 Å². The van der Waals surface area contributed by atoms with Crippen LogP contribution in [0.1, 0.15) is 25.7 Å². The number of carbonyl (C=O) groups is 2. The molecule has 2 rings (SSSR count). The van der Waals surface area contributed by atoms with E-state index in [0.717, 1.165) is 25.7 Å². The molecule has 5 heteroatoms. The molecule has 0 aromatic rings. The van der Waals surface area contributed by atoms with E-state index in [0.29, 0.717) is 13.1 Å². The number of nitrogens with one attached hydrogen (secondary N) is 1. The average molecular weight is 211 g/mol. The van der Waals surface area contributed by atoms with Crippen molar-refractivity contribution < 1.29 is 9.59 Å². The first-order valence-electron chi connectivity index (χ1n) is 5.49. The summed E-state index contributed by atoms with van der Waals surface area (Å²) in [5.41, 5.74) is 4.80. The van der Waals surface area contributed by atoms with Gasteiger partial charge in [0.1, 0.15) is 5.54 Å². The fraction of sp³-hybridized carbons (Fsp3) is 0.800. The zero-order valence-corrected chi connectivity index (χ0v) is 8.79. The second-order valence-corrected chi connectivity index (χ2v) is 4.24. The molecular weight excluding hydrogens is 194 g/mol. The van der Waals surface area contributed by atoms with Crippen molar-refractivity contribution in [3.63, 3.8) is 0 Å². The summed E-state index contributed by atoms with van der Waals surface area (Å²) in [6.07, 6.45) is 3.50. The molecule has 0 bridgehead atoms. The Morgan fingerprint density at radius 2 is 2.27 bits per heavy atom. The van der Waals surface area contributed by atoms with E-state index < -0.39 is 5.54 Å². The first-order valence-corrected chi connectivity index (χ1v) is 5.49. The van der Waals surface area contributed by atoms with Crippen molar-refractivity contribution in [1.29, 1.82) is 0 Å². The summed E-state index contributed by atoms with van der Waals surface area (Å²) in [4.78, 5) is 25.2. The highest BCUT2D eigenvalue weighted by Crippen LogP contribution is 2.34. The van der Waals surface area contributed by atoms with Gasteiger partial charge in [0.15, 0.2) is 0 Å². The van der Waals surface area contributed by atoms with Crippen molar-refractivity contribution in [2.75, 3.05) is 19.6 Å². The lowest BCUT2D eigenvalue weighted by molar-refractivity contribution is -0.147. The third-order valence-corrected chi connectivity index (χ3v) is 3.46.